The average Bonchev–Trinajstić information content (AvgIpc) is 3.18. The van der Waals surface area contributed by atoms with E-state index in [0.717, 1.165) is 74.3 Å². The second kappa shape index (κ2) is 14.9. The quantitative estimate of drug-likeness (QED) is 0.135. The van der Waals surface area contributed by atoms with Gasteiger partial charge in [0.15, 0.2) is 16.3 Å². The van der Waals surface area contributed by atoms with Crippen LogP contribution in [0.5, 0.6) is 11.5 Å². The molecule has 8 aromatic carbocycles. The lowest BCUT2D eigenvalue weighted by Crippen LogP contribution is -2.16. The van der Waals surface area contributed by atoms with Crippen LogP contribution in [0.2, 0.25) is 0 Å². The molecule has 0 unspecified atom stereocenters. The molecule has 0 aromatic heterocycles. The maximum atomic E-state index is 7.34. The van der Waals surface area contributed by atoms with E-state index in [0.29, 0.717) is 0 Å². The molecule has 0 atom stereocenters. The van der Waals surface area contributed by atoms with Crippen molar-refractivity contribution in [3.8, 4) is 22.6 Å². The summed E-state index contributed by atoms with van der Waals surface area (Å²) in [6.45, 7) is 0. The van der Waals surface area contributed by atoms with Crippen LogP contribution in [0.25, 0.3) is 32.7 Å². The second-order valence-corrected chi connectivity index (χ2v) is 17.0. The van der Waals surface area contributed by atoms with Gasteiger partial charge in [0.25, 0.3) is 0 Å². The van der Waals surface area contributed by atoms with Crippen LogP contribution in [0.3, 0.4) is 0 Å². The fourth-order valence-corrected chi connectivity index (χ4v) is 10.8. The number of rotatable bonds is 9. The Morgan fingerprint density at radius 3 is 0.880 bits per heavy atom. The van der Waals surface area contributed by atoms with Crippen LogP contribution >= 0.6 is 48.2 Å². The molecule has 0 spiro atoms. The van der Waals surface area contributed by atoms with Gasteiger partial charge in [0.1, 0.15) is 11.5 Å². The van der Waals surface area contributed by atoms with Gasteiger partial charge in [-0.3, -0.25) is 0 Å². The predicted octanol–water partition coefficient (Wildman–Crippen LogP) is 12.0. The molecule has 0 saturated carbocycles. The Labute approximate surface area is 311 Å². The van der Waals surface area contributed by atoms with E-state index in [1.165, 1.54) is 0 Å². The smallest absolute Gasteiger partial charge is 0.150 e. The van der Waals surface area contributed by atoms with Crippen molar-refractivity contribution < 1.29 is 9.05 Å². The zero-order chi connectivity index (χ0) is 33.9. The van der Waals surface area contributed by atoms with Gasteiger partial charge in [-0.05, 0) is 33.7 Å². The summed E-state index contributed by atoms with van der Waals surface area (Å²) in [5.41, 5.74) is 2.00. The van der Waals surface area contributed by atoms with Gasteiger partial charge in [0.05, 0.1) is 0 Å². The fraction of sp³-hybridized carbons (Fsp3) is 0. The molecule has 6 heteroatoms. The maximum Gasteiger partial charge on any atom is 0.150 e. The third-order valence-electron chi connectivity index (χ3n) is 8.51. The van der Waals surface area contributed by atoms with Crippen LogP contribution in [-0.2, 0) is 0 Å². The lowest BCUT2D eigenvalue weighted by Gasteiger charge is -2.26. The molecule has 50 heavy (non-hydrogen) atoms. The van der Waals surface area contributed by atoms with E-state index in [9.17, 15) is 0 Å². The minimum Gasteiger partial charge on any atom is -0.464 e. The van der Waals surface area contributed by atoms with E-state index in [1.54, 1.807) is 0 Å². The summed E-state index contributed by atoms with van der Waals surface area (Å²) >= 11 is 7.86. The van der Waals surface area contributed by atoms with Crippen molar-refractivity contribution in [1.82, 2.24) is 0 Å². The van der Waals surface area contributed by atoms with Crippen molar-refractivity contribution in [2.75, 3.05) is 0 Å². The van der Waals surface area contributed by atoms with E-state index >= 15 is 0 Å². The van der Waals surface area contributed by atoms with Crippen LogP contribution in [0.4, 0.5) is 0 Å². The Morgan fingerprint density at radius 1 is 0.320 bits per heavy atom. The Morgan fingerprint density at radius 2 is 0.580 bits per heavy atom. The summed E-state index contributed by atoms with van der Waals surface area (Å²) in [4.78, 5) is 0. The van der Waals surface area contributed by atoms with E-state index in [-0.39, 0.29) is 0 Å². The first kappa shape index (κ1) is 32.9. The third kappa shape index (κ3) is 6.62. The van der Waals surface area contributed by atoms with Gasteiger partial charge in [-0.2, -0.15) is 0 Å². The highest BCUT2D eigenvalue weighted by Crippen LogP contribution is 2.53. The maximum absolute atomic E-state index is 7.34. The normalized spacial score (nSPS) is 11.4. The molecule has 0 aliphatic carbocycles. The number of hydrogen-bond acceptors (Lipinski definition) is 2. The minimum absolute atomic E-state index is 0.787. The third-order valence-corrected chi connectivity index (χ3v) is 13.6. The number of hydrogen-bond donors (Lipinski definition) is 0. The Bertz CT molecular complexity index is 2160. The summed E-state index contributed by atoms with van der Waals surface area (Å²) in [5.74, 6) is 1.57. The molecule has 2 nitrogen and oxygen atoms in total. The second-order valence-electron chi connectivity index (χ2n) is 11.7. The molecular weight excluding hydrogens is 782 g/mol. The van der Waals surface area contributed by atoms with Gasteiger partial charge in [-0.25, -0.2) is 0 Å². The topological polar surface area (TPSA) is 18.5 Å². The highest BCUT2D eigenvalue weighted by molar-refractivity contribution is 9.11. The number of benzene rings is 8. The highest BCUT2D eigenvalue weighted by Gasteiger charge is 2.27. The first-order valence-electron chi connectivity index (χ1n) is 16.2. The van der Waals surface area contributed by atoms with Gasteiger partial charge in [0, 0.05) is 41.3 Å². The zero-order valence-corrected chi connectivity index (χ0v) is 31.7. The van der Waals surface area contributed by atoms with Gasteiger partial charge in [-0.1, -0.05) is 202 Å². The highest BCUT2D eigenvalue weighted by atomic mass is 79.9. The molecule has 0 saturated heterocycles. The molecule has 8 aromatic rings. The average molecular weight is 812 g/mol. The summed E-state index contributed by atoms with van der Waals surface area (Å²) in [7, 11) is -2.43. The van der Waals surface area contributed by atoms with E-state index in [2.05, 4.69) is 214 Å². The number of fused-ring (bicyclic) bond motifs is 2. The molecule has 0 heterocycles. The molecular formula is C44H30Br2O2P2. The van der Waals surface area contributed by atoms with Crippen molar-refractivity contribution in [3.05, 3.63) is 191 Å². The van der Waals surface area contributed by atoms with Crippen LogP contribution < -0.4 is 30.3 Å². The van der Waals surface area contributed by atoms with E-state index < -0.39 is 16.3 Å². The molecule has 0 aliphatic heterocycles. The Hall–Kier alpha value is -4.30. The summed E-state index contributed by atoms with van der Waals surface area (Å²) in [6.07, 6.45) is 0. The van der Waals surface area contributed by atoms with Crippen LogP contribution in [0, 0.1) is 0 Å². The van der Waals surface area contributed by atoms with Crippen LogP contribution in [0.1, 0.15) is 0 Å². The van der Waals surface area contributed by atoms with Gasteiger partial charge in [-0.15, -0.1) is 0 Å². The lowest BCUT2D eigenvalue weighted by molar-refractivity contribution is 0.623. The molecule has 0 aliphatic rings. The van der Waals surface area contributed by atoms with Gasteiger partial charge in [0.2, 0.25) is 0 Å². The van der Waals surface area contributed by atoms with Crippen LogP contribution in [-0.4, -0.2) is 0 Å². The van der Waals surface area contributed by atoms with Crippen molar-refractivity contribution in [1.29, 1.82) is 0 Å². The Balaban J connectivity index is 1.41. The van der Waals surface area contributed by atoms with Crippen molar-refractivity contribution in [2.45, 2.75) is 0 Å². The lowest BCUT2D eigenvalue weighted by atomic mass is 9.92. The molecule has 0 amide bonds. The Kier molecular flexibility index (Phi) is 9.80. The molecule has 8 rings (SSSR count). The first-order chi connectivity index (χ1) is 24.7. The minimum atomic E-state index is -1.22. The molecule has 242 valence electrons. The number of halogens is 2. The van der Waals surface area contributed by atoms with Crippen LogP contribution in [0.15, 0.2) is 191 Å². The standard InChI is InChI=1S/C44H30Br2O2P2/c45-39-29-41(47-49(31-17-5-1-6-18-31)32-19-7-2-8-20-32)43(37-27-15-13-25-35(37)39)44-38-28-16-14-26-36(38)40(46)30-42(44)48-50(33-21-9-3-10-22-33)34-23-11-4-12-24-34/h1-30H. The monoisotopic (exact) mass is 810 g/mol. The summed E-state index contributed by atoms with van der Waals surface area (Å²) < 4.78 is 16.6. The first-order valence-corrected chi connectivity index (χ1v) is 20.4. The molecule has 0 radical (unpaired) electrons. The van der Waals surface area contributed by atoms with Crippen molar-refractivity contribution >= 4 is 90.9 Å². The van der Waals surface area contributed by atoms with Crippen molar-refractivity contribution in [2.24, 2.45) is 0 Å². The van der Waals surface area contributed by atoms with Gasteiger partial charge >= 0.3 is 0 Å². The molecule has 0 fully saturated rings. The van der Waals surface area contributed by atoms with E-state index in [4.69, 9.17) is 9.05 Å². The van der Waals surface area contributed by atoms with E-state index in [1.807, 2.05) is 0 Å². The molecule has 0 N–H and O–H groups in total. The van der Waals surface area contributed by atoms with Crippen molar-refractivity contribution in [3.63, 3.8) is 0 Å². The summed E-state index contributed by atoms with van der Waals surface area (Å²) in [6, 6.07) is 63.4. The largest absolute Gasteiger partial charge is 0.464 e. The van der Waals surface area contributed by atoms with Gasteiger partial charge < -0.3 is 9.05 Å². The zero-order valence-electron chi connectivity index (χ0n) is 26.8. The fourth-order valence-electron chi connectivity index (χ4n) is 6.23. The summed E-state index contributed by atoms with van der Waals surface area (Å²) in [5, 5.41) is 8.91. The molecule has 0 bridgehead atoms. The predicted molar refractivity (Wildman–Crippen MR) is 222 cm³/mol. The SMILES string of the molecule is Brc1cc(OP(c2ccccc2)c2ccccc2)c(-c2c(OP(c3ccccc3)c3ccccc3)cc(Br)c3ccccc23)c2ccccc12.